The van der Waals surface area contributed by atoms with Crippen LogP contribution in [0.3, 0.4) is 0 Å². The fraction of sp³-hybridized carbons (Fsp3) is 0.154. The van der Waals surface area contributed by atoms with Crippen LogP contribution in [0, 0.1) is 6.92 Å². The predicted octanol–water partition coefficient (Wildman–Crippen LogP) is 4.08. The van der Waals surface area contributed by atoms with Crippen LogP contribution in [0.1, 0.15) is 15.2 Å². The van der Waals surface area contributed by atoms with Crippen LogP contribution in [0.4, 0.5) is 5.69 Å². The molecule has 5 heteroatoms. The Hall–Kier alpha value is -1.33. The lowest BCUT2D eigenvalue weighted by molar-refractivity contribution is 0.103. The Morgan fingerprint density at radius 1 is 1.39 bits per heavy atom. The molecule has 1 aromatic carbocycles. The number of thiophene rings is 1. The van der Waals surface area contributed by atoms with Crippen molar-refractivity contribution in [3.63, 3.8) is 0 Å². The summed E-state index contributed by atoms with van der Waals surface area (Å²) in [5.41, 5.74) is 1.75. The van der Waals surface area contributed by atoms with Crippen molar-refractivity contribution in [3.05, 3.63) is 44.6 Å². The summed E-state index contributed by atoms with van der Waals surface area (Å²) in [7, 11) is 1.63. The highest BCUT2D eigenvalue weighted by Gasteiger charge is 2.12. The summed E-state index contributed by atoms with van der Waals surface area (Å²) >= 11 is 4.75. The van der Waals surface area contributed by atoms with Crippen molar-refractivity contribution in [2.45, 2.75) is 6.92 Å². The minimum absolute atomic E-state index is 0.110. The highest BCUT2D eigenvalue weighted by Crippen LogP contribution is 2.25. The van der Waals surface area contributed by atoms with Gasteiger partial charge in [0.15, 0.2) is 0 Å². The van der Waals surface area contributed by atoms with Crippen molar-refractivity contribution in [3.8, 4) is 5.75 Å². The van der Waals surface area contributed by atoms with E-state index >= 15 is 0 Å². The first-order valence-corrected chi connectivity index (χ1v) is 6.98. The molecular weight excluding hydrogens is 314 g/mol. The second kappa shape index (κ2) is 5.54. The van der Waals surface area contributed by atoms with Crippen LogP contribution in [-0.4, -0.2) is 13.0 Å². The molecule has 3 nitrogen and oxygen atoms in total. The van der Waals surface area contributed by atoms with E-state index in [2.05, 4.69) is 21.2 Å². The Bertz CT molecular complexity index is 580. The summed E-state index contributed by atoms with van der Waals surface area (Å²) in [5, 5.41) is 4.74. The van der Waals surface area contributed by atoms with Crippen molar-refractivity contribution in [2.24, 2.45) is 0 Å². The number of carbonyl (C=O) groups excluding carboxylic acids is 1. The van der Waals surface area contributed by atoms with Crippen LogP contribution in [0.15, 0.2) is 34.1 Å². The van der Waals surface area contributed by atoms with Crippen molar-refractivity contribution < 1.29 is 9.53 Å². The Morgan fingerprint density at radius 3 is 2.72 bits per heavy atom. The quantitative estimate of drug-likeness (QED) is 0.923. The Kier molecular flexibility index (Phi) is 4.04. The molecule has 0 aliphatic heterocycles. The van der Waals surface area contributed by atoms with E-state index in [4.69, 9.17) is 4.74 Å². The van der Waals surface area contributed by atoms with Gasteiger partial charge in [-0.05, 0) is 58.1 Å². The monoisotopic (exact) mass is 325 g/mol. The molecule has 0 aliphatic carbocycles. The number of carbonyl (C=O) groups is 1. The maximum Gasteiger partial charge on any atom is 0.266 e. The first-order chi connectivity index (χ1) is 8.61. The number of ether oxygens (including phenoxy) is 1. The van der Waals surface area contributed by atoms with Crippen molar-refractivity contribution >= 4 is 38.9 Å². The topological polar surface area (TPSA) is 38.3 Å². The third kappa shape index (κ3) is 2.73. The molecule has 2 aromatic rings. The van der Waals surface area contributed by atoms with E-state index < -0.39 is 0 Å². The van der Waals surface area contributed by atoms with E-state index in [1.54, 1.807) is 7.11 Å². The zero-order chi connectivity index (χ0) is 13.1. The van der Waals surface area contributed by atoms with Gasteiger partial charge in [-0.25, -0.2) is 0 Å². The number of anilines is 1. The van der Waals surface area contributed by atoms with Gasteiger partial charge >= 0.3 is 0 Å². The molecule has 18 heavy (non-hydrogen) atoms. The second-order valence-corrected chi connectivity index (χ2v) is 5.51. The van der Waals surface area contributed by atoms with Gasteiger partial charge in [-0.2, -0.15) is 0 Å². The molecule has 0 unspecified atom stereocenters. The molecule has 1 amide bonds. The molecule has 0 saturated heterocycles. The maximum absolute atomic E-state index is 12.0. The largest absolute Gasteiger partial charge is 0.496 e. The molecule has 0 atom stereocenters. The molecule has 0 bridgehead atoms. The lowest BCUT2D eigenvalue weighted by Gasteiger charge is -2.08. The number of hydrogen-bond acceptors (Lipinski definition) is 3. The summed E-state index contributed by atoms with van der Waals surface area (Å²) in [6, 6.07) is 7.41. The zero-order valence-electron chi connectivity index (χ0n) is 9.99. The number of halogens is 1. The molecule has 2 rings (SSSR count). The zero-order valence-corrected chi connectivity index (χ0v) is 12.4. The van der Waals surface area contributed by atoms with Gasteiger partial charge in [-0.15, -0.1) is 11.3 Å². The highest BCUT2D eigenvalue weighted by atomic mass is 79.9. The molecule has 1 aromatic heterocycles. The Morgan fingerprint density at radius 2 is 2.17 bits per heavy atom. The summed E-state index contributed by atoms with van der Waals surface area (Å²) in [6.07, 6.45) is 0. The number of rotatable bonds is 3. The fourth-order valence-electron chi connectivity index (χ4n) is 1.60. The second-order valence-electron chi connectivity index (χ2n) is 3.74. The molecule has 0 radical (unpaired) electrons. The van der Waals surface area contributed by atoms with E-state index in [1.165, 1.54) is 11.3 Å². The smallest absolute Gasteiger partial charge is 0.266 e. The molecule has 0 fully saturated rings. The van der Waals surface area contributed by atoms with Crippen LogP contribution >= 0.6 is 27.3 Å². The summed E-state index contributed by atoms with van der Waals surface area (Å²) in [6.45, 7) is 1.94. The summed E-state index contributed by atoms with van der Waals surface area (Å²) in [5.74, 6) is 0.701. The SMILES string of the molecule is COc1ccc(NC(=O)c2sccc2Br)cc1C. The normalized spacial score (nSPS) is 10.2. The molecule has 0 spiro atoms. The molecule has 94 valence electrons. The number of amides is 1. The van der Waals surface area contributed by atoms with E-state index in [1.807, 2.05) is 36.6 Å². The standard InChI is InChI=1S/C13H12BrNO2S/c1-8-7-9(3-4-11(8)17-2)15-13(16)12-10(14)5-6-18-12/h3-7H,1-2H3,(H,15,16). The van der Waals surface area contributed by atoms with Crippen molar-refractivity contribution in [2.75, 3.05) is 12.4 Å². The van der Waals surface area contributed by atoms with Gasteiger partial charge in [0.2, 0.25) is 0 Å². The third-order valence-corrected chi connectivity index (χ3v) is 4.31. The Labute approximate surface area is 118 Å². The first kappa shape index (κ1) is 13.1. The first-order valence-electron chi connectivity index (χ1n) is 5.31. The molecule has 1 N–H and O–H groups in total. The average Bonchev–Trinajstić information content (AvgIpc) is 2.76. The fourth-order valence-corrected chi connectivity index (χ4v) is 3.05. The van der Waals surface area contributed by atoms with Crippen LogP contribution in [-0.2, 0) is 0 Å². The van der Waals surface area contributed by atoms with Gasteiger partial charge in [-0.1, -0.05) is 0 Å². The predicted molar refractivity (Wildman–Crippen MR) is 77.7 cm³/mol. The van der Waals surface area contributed by atoms with Gasteiger partial charge in [0.25, 0.3) is 5.91 Å². The van der Waals surface area contributed by atoms with Crippen LogP contribution in [0.2, 0.25) is 0 Å². The number of nitrogens with one attached hydrogen (secondary N) is 1. The van der Waals surface area contributed by atoms with Crippen molar-refractivity contribution in [1.82, 2.24) is 0 Å². The lowest BCUT2D eigenvalue weighted by atomic mass is 10.2. The van der Waals surface area contributed by atoms with Gasteiger partial charge in [0.1, 0.15) is 10.6 Å². The molecule has 0 aliphatic rings. The highest BCUT2D eigenvalue weighted by molar-refractivity contribution is 9.10. The summed E-state index contributed by atoms with van der Waals surface area (Å²) < 4.78 is 5.99. The number of methoxy groups -OCH3 is 1. The summed E-state index contributed by atoms with van der Waals surface area (Å²) in [4.78, 5) is 12.7. The molecule has 0 saturated carbocycles. The van der Waals surface area contributed by atoms with Gasteiger partial charge in [0, 0.05) is 10.2 Å². The number of benzene rings is 1. The average molecular weight is 326 g/mol. The van der Waals surface area contributed by atoms with Gasteiger partial charge < -0.3 is 10.1 Å². The Balaban J connectivity index is 2.17. The van der Waals surface area contributed by atoms with Gasteiger partial charge in [-0.3, -0.25) is 4.79 Å². The minimum Gasteiger partial charge on any atom is -0.496 e. The van der Waals surface area contributed by atoms with Crippen LogP contribution < -0.4 is 10.1 Å². The number of hydrogen-bond donors (Lipinski definition) is 1. The van der Waals surface area contributed by atoms with Crippen molar-refractivity contribution in [1.29, 1.82) is 0 Å². The van der Waals surface area contributed by atoms with Crippen LogP contribution in [0.5, 0.6) is 5.75 Å². The van der Waals surface area contributed by atoms with E-state index in [9.17, 15) is 4.79 Å². The van der Waals surface area contributed by atoms with E-state index in [0.29, 0.717) is 4.88 Å². The maximum atomic E-state index is 12.0. The lowest BCUT2D eigenvalue weighted by Crippen LogP contribution is -2.10. The third-order valence-electron chi connectivity index (χ3n) is 2.48. The van der Waals surface area contributed by atoms with E-state index in [0.717, 1.165) is 21.5 Å². The molecule has 1 heterocycles. The molecular formula is C13H12BrNO2S. The van der Waals surface area contributed by atoms with Gasteiger partial charge in [0.05, 0.1) is 7.11 Å². The van der Waals surface area contributed by atoms with E-state index in [-0.39, 0.29) is 5.91 Å². The van der Waals surface area contributed by atoms with Crippen LogP contribution in [0.25, 0.3) is 0 Å². The minimum atomic E-state index is -0.110. The number of aryl methyl sites for hydroxylation is 1.